The number of halogens is 3. The van der Waals surface area contributed by atoms with E-state index in [4.69, 9.17) is 27.9 Å². The van der Waals surface area contributed by atoms with E-state index in [9.17, 15) is 9.59 Å². The maximum Gasteiger partial charge on any atom is 0.261 e. The predicted molar refractivity (Wildman–Crippen MR) is 129 cm³/mol. The van der Waals surface area contributed by atoms with Crippen LogP contribution in [0.5, 0.6) is 5.75 Å². The SMILES string of the molecule is CCC(C)NC(=O)C(C)N(Cc1c(Cl)cccc1Cl)C(=O)COc1ccc(Br)c(C)c1. The van der Waals surface area contributed by atoms with Crippen LogP contribution in [0, 0.1) is 6.92 Å². The highest BCUT2D eigenvalue weighted by atomic mass is 79.9. The summed E-state index contributed by atoms with van der Waals surface area (Å²) >= 11 is 16.1. The topological polar surface area (TPSA) is 58.6 Å². The monoisotopic (exact) mass is 528 g/mol. The van der Waals surface area contributed by atoms with Crippen molar-refractivity contribution in [3.8, 4) is 5.75 Å². The zero-order valence-electron chi connectivity index (χ0n) is 18.0. The lowest BCUT2D eigenvalue weighted by Gasteiger charge is -2.30. The molecule has 168 valence electrons. The number of amides is 2. The lowest BCUT2D eigenvalue weighted by molar-refractivity contribution is -0.142. The number of aryl methyl sites for hydroxylation is 1. The molecule has 5 nitrogen and oxygen atoms in total. The molecule has 2 atom stereocenters. The third kappa shape index (κ3) is 7.13. The first-order valence-corrected chi connectivity index (χ1v) is 11.6. The van der Waals surface area contributed by atoms with E-state index in [2.05, 4.69) is 21.2 Å². The van der Waals surface area contributed by atoms with E-state index in [1.54, 1.807) is 31.2 Å². The second-order valence-corrected chi connectivity index (χ2v) is 9.08. The highest BCUT2D eigenvalue weighted by Gasteiger charge is 2.28. The van der Waals surface area contributed by atoms with Gasteiger partial charge in [0.1, 0.15) is 11.8 Å². The quantitative estimate of drug-likeness (QED) is 0.448. The van der Waals surface area contributed by atoms with Gasteiger partial charge in [-0.15, -0.1) is 0 Å². The largest absolute Gasteiger partial charge is 0.484 e. The van der Waals surface area contributed by atoms with Gasteiger partial charge in [0.2, 0.25) is 5.91 Å². The van der Waals surface area contributed by atoms with Crippen LogP contribution in [0.15, 0.2) is 40.9 Å². The molecule has 0 aliphatic carbocycles. The first kappa shape index (κ1) is 25.5. The summed E-state index contributed by atoms with van der Waals surface area (Å²) in [5.41, 5.74) is 1.58. The van der Waals surface area contributed by atoms with Crippen molar-refractivity contribution in [2.24, 2.45) is 0 Å². The fourth-order valence-corrected chi connectivity index (χ4v) is 3.60. The molecule has 0 bridgehead atoms. The number of nitrogens with zero attached hydrogens (tertiary/aromatic N) is 1. The minimum atomic E-state index is -0.732. The summed E-state index contributed by atoms with van der Waals surface area (Å²) in [6, 6.07) is 9.88. The van der Waals surface area contributed by atoms with Crippen LogP contribution < -0.4 is 10.1 Å². The number of benzene rings is 2. The molecule has 0 radical (unpaired) electrons. The van der Waals surface area contributed by atoms with Crippen LogP contribution in [0.4, 0.5) is 0 Å². The first-order chi connectivity index (χ1) is 14.6. The molecule has 2 rings (SSSR count). The summed E-state index contributed by atoms with van der Waals surface area (Å²) in [6.07, 6.45) is 0.786. The van der Waals surface area contributed by atoms with Crippen LogP contribution in [0.2, 0.25) is 10.0 Å². The van der Waals surface area contributed by atoms with Crippen LogP contribution in [-0.2, 0) is 16.1 Å². The van der Waals surface area contributed by atoms with Crippen molar-refractivity contribution in [3.05, 3.63) is 62.0 Å². The molecule has 2 aromatic carbocycles. The van der Waals surface area contributed by atoms with E-state index in [1.165, 1.54) is 4.90 Å². The number of rotatable bonds is 9. The number of carbonyl (C=O) groups is 2. The lowest BCUT2D eigenvalue weighted by Crippen LogP contribution is -2.50. The van der Waals surface area contributed by atoms with E-state index >= 15 is 0 Å². The molecule has 0 aliphatic rings. The molecule has 2 aromatic rings. The van der Waals surface area contributed by atoms with Gasteiger partial charge in [-0.25, -0.2) is 0 Å². The van der Waals surface area contributed by atoms with E-state index < -0.39 is 6.04 Å². The van der Waals surface area contributed by atoms with Gasteiger partial charge in [0.05, 0.1) is 0 Å². The standard InChI is InChI=1S/C23H27BrCl2N2O3/c1-5-15(3)27-23(30)16(4)28(12-18-20(25)7-6-8-21(18)26)22(29)13-31-17-9-10-19(24)14(2)11-17/h6-11,15-16H,5,12-13H2,1-4H3,(H,27,30). The van der Waals surface area contributed by atoms with Crippen molar-refractivity contribution in [1.82, 2.24) is 10.2 Å². The second kappa shape index (κ2) is 11.7. The maximum atomic E-state index is 13.1. The fourth-order valence-electron chi connectivity index (χ4n) is 2.84. The van der Waals surface area contributed by atoms with Crippen LogP contribution in [0.1, 0.15) is 38.3 Å². The molecular weight excluding hydrogens is 503 g/mol. The summed E-state index contributed by atoms with van der Waals surface area (Å²) < 4.78 is 6.66. The number of carbonyl (C=O) groups excluding carboxylic acids is 2. The van der Waals surface area contributed by atoms with Crippen LogP contribution in [-0.4, -0.2) is 35.4 Å². The minimum absolute atomic E-state index is 0.00204. The molecule has 1 N–H and O–H groups in total. The smallest absolute Gasteiger partial charge is 0.261 e. The highest BCUT2D eigenvalue weighted by molar-refractivity contribution is 9.10. The van der Waals surface area contributed by atoms with Crippen LogP contribution >= 0.6 is 39.1 Å². The zero-order chi connectivity index (χ0) is 23.1. The Morgan fingerprint density at radius 1 is 1.16 bits per heavy atom. The van der Waals surface area contributed by atoms with Crippen LogP contribution in [0.25, 0.3) is 0 Å². The van der Waals surface area contributed by atoms with E-state index in [1.807, 2.05) is 32.9 Å². The normalized spacial score (nSPS) is 12.7. The Labute approximate surface area is 202 Å². The summed E-state index contributed by atoms with van der Waals surface area (Å²) in [6.45, 7) is 7.39. The van der Waals surface area contributed by atoms with E-state index in [0.29, 0.717) is 21.4 Å². The van der Waals surface area contributed by atoms with Gasteiger partial charge in [-0.1, -0.05) is 52.1 Å². The summed E-state index contributed by atoms with van der Waals surface area (Å²) in [7, 11) is 0. The average molecular weight is 530 g/mol. The molecule has 0 fully saturated rings. The van der Waals surface area contributed by atoms with Crippen molar-refractivity contribution in [2.45, 2.75) is 52.7 Å². The van der Waals surface area contributed by atoms with Crippen molar-refractivity contribution in [3.63, 3.8) is 0 Å². The summed E-state index contributed by atoms with van der Waals surface area (Å²) in [4.78, 5) is 27.3. The fraction of sp³-hybridized carbons (Fsp3) is 0.391. The van der Waals surface area contributed by atoms with Gasteiger partial charge in [0, 0.05) is 32.7 Å². The van der Waals surface area contributed by atoms with Gasteiger partial charge in [-0.2, -0.15) is 0 Å². The molecule has 0 saturated carbocycles. The Morgan fingerprint density at radius 3 is 2.39 bits per heavy atom. The molecule has 0 aliphatic heterocycles. The van der Waals surface area contributed by atoms with Gasteiger partial charge in [0.25, 0.3) is 5.91 Å². The van der Waals surface area contributed by atoms with Gasteiger partial charge in [-0.3, -0.25) is 9.59 Å². The number of hydrogen-bond acceptors (Lipinski definition) is 3. The maximum absolute atomic E-state index is 13.1. The Hall–Kier alpha value is -1.76. The molecule has 2 unspecified atom stereocenters. The molecule has 31 heavy (non-hydrogen) atoms. The molecule has 8 heteroatoms. The van der Waals surface area contributed by atoms with Crippen molar-refractivity contribution < 1.29 is 14.3 Å². The molecule has 0 spiro atoms. The Morgan fingerprint density at radius 2 is 1.81 bits per heavy atom. The lowest BCUT2D eigenvalue weighted by atomic mass is 10.1. The highest BCUT2D eigenvalue weighted by Crippen LogP contribution is 2.27. The predicted octanol–water partition coefficient (Wildman–Crippen LogP) is 5.78. The van der Waals surface area contributed by atoms with E-state index in [0.717, 1.165) is 16.5 Å². The molecule has 2 amide bonds. The molecule has 0 saturated heterocycles. The van der Waals surface area contributed by atoms with Gasteiger partial charge >= 0.3 is 0 Å². The summed E-state index contributed by atoms with van der Waals surface area (Å²) in [5.74, 6) is -0.0183. The van der Waals surface area contributed by atoms with Crippen molar-refractivity contribution in [2.75, 3.05) is 6.61 Å². The van der Waals surface area contributed by atoms with Crippen LogP contribution in [0.3, 0.4) is 0 Å². The van der Waals surface area contributed by atoms with Gasteiger partial charge < -0.3 is 15.0 Å². The number of hydrogen-bond donors (Lipinski definition) is 1. The zero-order valence-corrected chi connectivity index (χ0v) is 21.1. The van der Waals surface area contributed by atoms with E-state index in [-0.39, 0.29) is 31.0 Å². The third-order valence-corrected chi connectivity index (χ3v) is 6.65. The third-order valence-electron chi connectivity index (χ3n) is 5.05. The van der Waals surface area contributed by atoms with Crippen molar-refractivity contribution >= 4 is 50.9 Å². The number of nitrogens with one attached hydrogen (secondary N) is 1. The molecule has 0 heterocycles. The Bertz CT molecular complexity index is 919. The van der Waals surface area contributed by atoms with Crippen molar-refractivity contribution in [1.29, 1.82) is 0 Å². The minimum Gasteiger partial charge on any atom is -0.484 e. The first-order valence-electron chi connectivity index (χ1n) is 10.1. The molecular formula is C23H27BrCl2N2O3. The van der Waals surface area contributed by atoms with Gasteiger partial charge in [0.15, 0.2) is 6.61 Å². The second-order valence-electron chi connectivity index (χ2n) is 7.42. The Balaban J connectivity index is 2.23. The summed E-state index contributed by atoms with van der Waals surface area (Å²) in [5, 5.41) is 3.79. The average Bonchev–Trinajstić information content (AvgIpc) is 2.73. The molecule has 0 aromatic heterocycles. The van der Waals surface area contributed by atoms with Gasteiger partial charge in [-0.05, 0) is 63.1 Å². The number of ether oxygens (including phenoxy) is 1. The Kier molecular flexibility index (Phi) is 9.66.